The summed E-state index contributed by atoms with van der Waals surface area (Å²) in [6, 6.07) is 6.19. The van der Waals surface area contributed by atoms with Gasteiger partial charge in [-0.3, -0.25) is 4.98 Å². The molecule has 3 rings (SSSR count). The Morgan fingerprint density at radius 1 is 1.19 bits per heavy atom. The van der Waals surface area contributed by atoms with E-state index in [2.05, 4.69) is 27.1 Å². The van der Waals surface area contributed by atoms with E-state index >= 15 is 0 Å². The van der Waals surface area contributed by atoms with Gasteiger partial charge in [0.25, 0.3) is 0 Å². The van der Waals surface area contributed by atoms with Crippen molar-refractivity contribution in [2.75, 3.05) is 23.8 Å². The molecule has 26 heavy (non-hydrogen) atoms. The summed E-state index contributed by atoms with van der Waals surface area (Å²) in [5.74, 6) is 1.56. The van der Waals surface area contributed by atoms with E-state index in [-0.39, 0.29) is 6.10 Å². The Hall–Kier alpha value is -2.21. The molecule has 1 fully saturated rings. The second-order valence-corrected chi connectivity index (χ2v) is 7.07. The van der Waals surface area contributed by atoms with Crippen molar-refractivity contribution in [3.05, 3.63) is 30.6 Å². The van der Waals surface area contributed by atoms with Crippen molar-refractivity contribution < 1.29 is 5.11 Å². The molecule has 0 aliphatic heterocycles. The van der Waals surface area contributed by atoms with Gasteiger partial charge in [-0.25, -0.2) is 4.98 Å². The number of aliphatic hydroxyl groups is 1. The van der Waals surface area contributed by atoms with Crippen LogP contribution in [-0.4, -0.2) is 45.8 Å². The van der Waals surface area contributed by atoms with Gasteiger partial charge in [0, 0.05) is 32.0 Å². The van der Waals surface area contributed by atoms with Crippen LogP contribution in [0.3, 0.4) is 0 Å². The second-order valence-electron chi connectivity index (χ2n) is 7.07. The van der Waals surface area contributed by atoms with E-state index in [1.807, 2.05) is 31.4 Å². The Kier molecular flexibility index (Phi) is 6.39. The van der Waals surface area contributed by atoms with Crippen LogP contribution in [0.5, 0.6) is 0 Å². The molecule has 1 saturated carbocycles. The van der Waals surface area contributed by atoms with Gasteiger partial charge in [-0.05, 0) is 44.2 Å². The minimum Gasteiger partial charge on any atom is -0.393 e. The third-order valence-corrected chi connectivity index (χ3v) is 4.94. The summed E-state index contributed by atoms with van der Waals surface area (Å²) in [6.45, 7) is 3.12. The van der Waals surface area contributed by atoms with Gasteiger partial charge in [0.15, 0.2) is 0 Å². The number of unbranched alkanes of at least 4 members (excludes halogenated alkanes) is 1. The van der Waals surface area contributed by atoms with Gasteiger partial charge in [-0.1, -0.05) is 19.4 Å². The lowest BCUT2D eigenvalue weighted by molar-refractivity contribution is 0.126. The lowest BCUT2D eigenvalue weighted by atomic mass is 9.93. The Morgan fingerprint density at radius 3 is 2.69 bits per heavy atom. The normalized spacial score (nSPS) is 20.0. The van der Waals surface area contributed by atoms with E-state index in [4.69, 9.17) is 4.98 Å². The maximum Gasteiger partial charge on any atom is 0.227 e. The van der Waals surface area contributed by atoms with Crippen molar-refractivity contribution in [3.63, 3.8) is 0 Å². The molecule has 0 bridgehead atoms. The van der Waals surface area contributed by atoms with Gasteiger partial charge >= 0.3 is 0 Å². The molecule has 1 aliphatic carbocycles. The molecule has 2 N–H and O–H groups in total. The van der Waals surface area contributed by atoms with Crippen LogP contribution < -0.4 is 10.2 Å². The van der Waals surface area contributed by atoms with Crippen molar-refractivity contribution in [1.82, 2.24) is 15.0 Å². The zero-order valence-corrected chi connectivity index (χ0v) is 15.7. The van der Waals surface area contributed by atoms with E-state index in [0.29, 0.717) is 6.04 Å². The fourth-order valence-electron chi connectivity index (χ4n) is 3.28. The Morgan fingerprint density at radius 2 is 2.00 bits per heavy atom. The van der Waals surface area contributed by atoms with E-state index in [1.54, 1.807) is 6.20 Å². The highest BCUT2D eigenvalue weighted by Crippen LogP contribution is 2.29. The van der Waals surface area contributed by atoms with E-state index in [9.17, 15) is 5.11 Å². The second kappa shape index (κ2) is 8.94. The number of pyridine rings is 1. The Bertz CT molecular complexity index is 686. The molecular weight excluding hydrogens is 326 g/mol. The molecule has 2 heterocycles. The van der Waals surface area contributed by atoms with Gasteiger partial charge in [-0.2, -0.15) is 4.98 Å². The SMILES string of the molecule is CCCCN(C)c1ncc(-c2ccccn2)c(NC2CCC(O)CC2)n1. The largest absolute Gasteiger partial charge is 0.393 e. The number of aromatic nitrogens is 3. The summed E-state index contributed by atoms with van der Waals surface area (Å²) in [6.07, 6.45) is 9.34. The fourth-order valence-corrected chi connectivity index (χ4v) is 3.28. The van der Waals surface area contributed by atoms with Crippen LogP contribution in [0.25, 0.3) is 11.3 Å². The number of rotatable bonds is 7. The molecule has 0 radical (unpaired) electrons. The number of anilines is 2. The molecule has 0 aromatic carbocycles. The van der Waals surface area contributed by atoms with Crippen LogP contribution in [0.2, 0.25) is 0 Å². The lowest BCUT2D eigenvalue weighted by Crippen LogP contribution is -2.29. The van der Waals surface area contributed by atoms with E-state index in [0.717, 1.165) is 68.1 Å². The Balaban J connectivity index is 1.86. The molecule has 2 aromatic heterocycles. The molecule has 2 aromatic rings. The maximum absolute atomic E-state index is 9.75. The molecule has 0 saturated heterocycles. The molecule has 0 unspecified atom stereocenters. The minimum atomic E-state index is -0.163. The number of hydrogen-bond donors (Lipinski definition) is 2. The number of aliphatic hydroxyl groups excluding tert-OH is 1. The Labute approximate surface area is 155 Å². The average Bonchev–Trinajstić information content (AvgIpc) is 2.68. The molecule has 0 amide bonds. The van der Waals surface area contributed by atoms with E-state index < -0.39 is 0 Å². The molecule has 140 valence electrons. The highest BCUT2D eigenvalue weighted by Gasteiger charge is 2.21. The monoisotopic (exact) mass is 355 g/mol. The highest BCUT2D eigenvalue weighted by molar-refractivity contribution is 5.72. The third kappa shape index (κ3) is 4.69. The first-order valence-electron chi connectivity index (χ1n) is 9.61. The van der Waals surface area contributed by atoms with Crippen LogP contribution in [0.4, 0.5) is 11.8 Å². The van der Waals surface area contributed by atoms with Crippen LogP contribution in [0, 0.1) is 0 Å². The van der Waals surface area contributed by atoms with Crippen molar-refractivity contribution in [2.24, 2.45) is 0 Å². The van der Waals surface area contributed by atoms with Crippen molar-refractivity contribution in [3.8, 4) is 11.3 Å². The molecule has 6 heteroatoms. The smallest absolute Gasteiger partial charge is 0.227 e. The molecule has 6 nitrogen and oxygen atoms in total. The summed E-state index contributed by atoms with van der Waals surface area (Å²) in [4.78, 5) is 15.9. The quantitative estimate of drug-likeness (QED) is 0.792. The number of nitrogens with one attached hydrogen (secondary N) is 1. The fraction of sp³-hybridized carbons (Fsp3) is 0.550. The van der Waals surface area contributed by atoms with Crippen LogP contribution in [-0.2, 0) is 0 Å². The minimum absolute atomic E-state index is 0.163. The van der Waals surface area contributed by atoms with Crippen molar-refractivity contribution in [1.29, 1.82) is 0 Å². The zero-order chi connectivity index (χ0) is 18.4. The highest BCUT2D eigenvalue weighted by atomic mass is 16.3. The topological polar surface area (TPSA) is 74.2 Å². The maximum atomic E-state index is 9.75. The number of hydrogen-bond acceptors (Lipinski definition) is 6. The van der Waals surface area contributed by atoms with Gasteiger partial charge in [-0.15, -0.1) is 0 Å². The van der Waals surface area contributed by atoms with Crippen molar-refractivity contribution >= 4 is 11.8 Å². The standard InChI is InChI=1S/C20H29N5O/c1-3-4-13-25(2)20-22-14-17(18-7-5-6-12-21-18)19(24-20)23-15-8-10-16(26)11-9-15/h5-7,12,14-16,26H,3-4,8-11,13H2,1-2H3,(H,22,23,24). The summed E-state index contributed by atoms with van der Waals surface area (Å²) >= 11 is 0. The van der Waals surface area contributed by atoms with Gasteiger partial charge < -0.3 is 15.3 Å². The average molecular weight is 355 g/mol. The summed E-state index contributed by atoms with van der Waals surface area (Å²) < 4.78 is 0. The first kappa shape index (κ1) is 18.6. The third-order valence-electron chi connectivity index (χ3n) is 4.94. The number of nitrogens with zero attached hydrogens (tertiary/aromatic N) is 4. The predicted octanol–water partition coefficient (Wildman–Crippen LogP) is 3.49. The zero-order valence-electron chi connectivity index (χ0n) is 15.7. The summed E-state index contributed by atoms with van der Waals surface area (Å²) in [5.41, 5.74) is 1.79. The van der Waals surface area contributed by atoms with E-state index in [1.165, 1.54) is 0 Å². The predicted molar refractivity (Wildman–Crippen MR) is 105 cm³/mol. The summed E-state index contributed by atoms with van der Waals surface area (Å²) in [7, 11) is 2.03. The van der Waals surface area contributed by atoms with Gasteiger partial charge in [0.2, 0.25) is 5.95 Å². The van der Waals surface area contributed by atoms with Gasteiger partial charge in [0.1, 0.15) is 5.82 Å². The first-order chi connectivity index (χ1) is 12.7. The van der Waals surface area contributed by atoms with Crippen LogP contribution in [0.1, 0.15) is 45.4 Å². The molecule has 1 aliphatic rings. The van der Waals surface area contributed by atoms with Gasteiger partial charge in [0.05, 0.1) is 17.4 Å². The molecular formula is C20H29N5O. The molecule has 0 spiro atoms. The van der Waals surface area contributed by atoms with Crippen LogP contribution >= 0.6 is 0 Å². The van der Waals surface area contributed by atoms with Crippen LogP contribution in [0.15, 0.2) is 30.6 Å². The lowest BCUT2D eigenvalue weighted by Gasteiger charge is -2.28. The summed E-state index contributed by atoms with van der Waals surface area (Å²) in [5, 5.41) is 13.3. The van der Waals surface area contributed by atoms with Crippen molar-refractivity contribution in [2.45, 2.75) is 57.6 Å². The first-order valence-corrected chi connectivity index (χ1v) is 9.61. The molecule has 0 atom stereocenters.